The van der Waals surface area contributed by atoms with Crippen LogP contribution in [0.25, 0.3) is 0 Å². The van der Waals surface area contributed by atoms with Gasteiger partial charge in [-0.2, -0.15) is 11.8 Å². The van der Waals surface area contributed by atoms with E-state index in [1.807, 2.05) is 0 Å². The second-order valence-corrected chi connectivity index (χ2v) is 21.2. The van der Waals surface area contributed by atoms with Gasteiger partial charge in [-0.25, -0.2) is 0 Å². The van der Waals surface area contributed by atoms with E-state index >= 15 is 0 Å². The van der Waals surface area contributed by atoms with Crippen molar-refractivity contribution in [3.05, 3.63) is 0 Å². The van der Waals surface area contributed by atoms with Crippen molar-refractivity contribution < 1.29 is 19.1 Å². The van der Waals surface area contributed by atoms with E-state index in [4.69, 9.17) is 9.47 Å². The second-order valence-electron chi connectivity index (χ2n) is 19.9. The number of ether oxygens (including phenoxy) is 2. The van der Waals surface area contributed by atoms with Crippen molar-refractivity contribution in [3.8, 4) is 0 Å². The van der Waals surface area contributed by atoms with Crippen LogP contribution >= 0.6 is 11.8 Å². The van der Waals surface area contributed by atoms with Gasteiger partial charge in [-0.3, -0.25) is 9.59 Å². The summed E-state index contributed by atoms with van der Waals surface area (Å²) in [6.45, 7) is 9.15. The Morgan fingerprint density at radius 2 is 0.460 bits per heavy atom. The van der Waals surface area contributed by atoms with Gasteiger partial charge in [0.15, 0.2) is 0 Å². The molecule has 4 nitrogen and oxygen atoms in total. The first kappa shape index (κ1) is 62.3. The molecule has 0 aliphatic heterocycles. The van der Waals surface area contributed by atoms with Gasteiger partial charge in [-0.05, 0) is 51.4 Å². The van der Waals surface area contributed by atoms with Crippen LogP contribution in [0.4, 0.5) is 0 Å². The maximum absolute atomic E-state index is 13.0. The molecule has 0 aromatic carbocycles. The van der Waals surface area contributed by atoms with Gasteiger partial charge in [0.2, 0.25) is 0 Å². The largest absolute Gasteiger partial charge is 0.462 e. The normalized spacial score (nSPS) is 12.5. The zero-order valence-electron chi connectivity index (χ0n) is 43.6. The molecular weight excluding hydrogens is 793 g/mol. The van der Waals surface area contributed by atoms with E-state index in [1.54, 1.807) is 11.8 Å². The third-order valence-corrected chi connectivity index (χ3v) is 14.5. The molecule has 0 spiro atoms. The lowest BCUT2D eigenvalue weighted by Gasteiger charge is -2.19. The van der Waals surface area contributed by atoms with Crippen molar-refractivity contribution >= 4 is 23.7 Å². The average molecular weight is 908 g/mol. The van der Waals surface area contributed by atoms with Crippen molar-refractivity contribution in [1.29, 1.82) is 0 Å². The summed E-state index contributed by atoms with van der Waals surface area (Å²) in [6.07, 6.45) is 61.3. The Labute approximate surface area is 400 Å². The lowest BCUT2D eigenvalue weighted by molar-refractivity contribution is -0.150. The van der Waals surface area contributed by atoms with E-state index in [0.29, 0.717) is 12.8 Å². The molecule has 0 aliphatic rings. The summed E-state index contributed by atoms with van der Waals surface area (Å²) in [5, 5.41) is 0. The fraction of sp³-hybridized carbons (Fsp3) is 0.966. The van der Waals surface area contributed by atoms with Crippen LogP contribution in [0.15, 0.2) is 0 Å². The first-order valence-corrected chi connectivity index (χ1v) is 30.2. The maximum Gasteiger partial charge on any atom is 0.306 e. The van der Waals surface area contributed by atoms with Gasteiger partial charge in [-0.1, -0.05) is 272 Å². The number of rotatable bonds is 54. The van der Waals surface area contributed by atoms with Crippen molar-refractivity contribution in [3.63, 3.8) is 0 Å². The van der Waals surface area contributed by atoms with Gasteiger partial charge in [0, 0.05) is 11.5 Å². The summed E-state index contributed by atoms with van der Waals surface area (Å²) in [5.74, 6) is 1.34. The Balaban J connectivity index is 4.60. The Morgan fingerprint density at radius 1 is 0.286 bits per heavy atom. The minimum absolute atomic E-state index is 0.0474. The zero-order chi connectivity index (χ0) is 45.8. The monoisotopic (exact) mass is 907 g/mol. The third-order valence-electron chi connectivity index (χ3n) is 13.5. The number of esters is 2. The Hall–Kier alpha value is -0.710. The first-order valence-electron chi connectivity index (χ1n) is 29.0. The number of unbranched alkanes of at least 4 members (excludes halogenated alkanes) is 38. The molecule has 0 amide bonds. The fourth-order valence-electron chi connectivity index (χ4n) is 9.22. The van der Waals surface area contributed by atoms with Crippen LogP contribution in [0.5, 0.6) is 0 Å². The molecule has 0 aromatic rings. The number of thioether (sulfide) groups is 1. The lowest BCUT2D eigenvalue weighted by atomic mass is 10.0. The van der Waals surface area contributed by atoms with Gasteiger partial charge in [-0.15, -0.1) is 0 Å². The van der Waals surface area contributed by atoms with Crippen LogP contribution in [-0.2, 0) is 19.1 Å². The number of carbonyl (C=O) groups is 2. The Bertz CT molecular complexity index is 824. The molecule has 0 bridgehead atoms. The summed E-state index contributed by atoms with van der Waals surface area (Å²) in [6, 6.07) is 0. The van der Waals surface area contributed by atoms with Crippen LogP contribution in [0.1, 0.15) is 336 Å². The van der Waals surface area contributed by atoms with E-state index in [0.717, 1.165) is 37.2 Å². The molecule has 0 rings (SSSR count). The first-order chi connectivity index (χ1) is 31.1. The molecule has 2 unspecified atom stereocenters. The molecule has 0 aliphatic carbocycles. The van der Waals surface area contributed by atoms with Crippen molar-refractivity contribution in [2.75, 3.05) is 11.5 Å². The van der Waals surface area contributed by atoms with Crippen LogP contribution in [0.3, 0.4) is 0 Å². The Morgan fingerprint density at radius 3 is 0.651 bits per heavy atom. The summed E-state index contributed by atoms with van der Waals surface area (Å²) in [5.41, 5.74) is 0. The van der Waals surface area contributed by atoms with Gasteiger partial charge in [0.05, 0.1) is 12.8 Å². The molecule has 2 atom stereocenters. The van der Waals surface area contributed by atoms with E-state index in [1.165, 1.54) is 270 Å². The number of carbonyl (C=O) groups excluding carboxylic acids is 2. The van der Waals surface area contributed by atoms with Crippen LogP contribution in [-0.4, -0.2) is 35.7 Å². The molecule has 0 saturated heterocycles. The van der Waals surface area contributed by atoms with E-state index in [2.05, 4.69) is 27.7 Å². The third kappa shape index (κ3) is 50.5. The average Bonchev–Trinajstić information content (AvgIpc) is 3.28. The van der Waals surface area contributed by atoms with Gasteiger partial charge in [0.25, 0.3) is 0 Å². The number of hydrogen-bond acceptors (Lipinski definition) is 5. The van der Waals surface area contributed by atoms with Crippen LogP contribution in [0.2, 0.25) is 0 Å². The fourth-order valence-corrected chi connectivity index (χ4v) is 10.0. The van der Waals surface area contributed by atoms with Crippen LogP contribution in [0, 0.1) is 0 Å². The summed E-state index contributed by atoms with van der Waals surface area (Å²) < 4.78 is 12.3. The van der Waals surface area contributed by atoms with E-state index in [-0.39, 0.29) is 24.1 Å². The van der Waals surface area contributed by atoms with E-state index < -0.39 is 0 Å². The molecule has 0 N–H and O–H groups in total. The quantitative estimate of drug-likeness (QED) is 0.0450. The van der Waals surface area contributed by atoms with Crippen molar-refractivity contribution in [2.45, 2.75) is 348 Å². The standard InChI is InChI=1S/C58H114O4S/c1-5-9-13-17-21-25-29-33-37-41-45-49-55(47-43-39-35-31-27-23-19-15-11-7-3)61-57(59)51-53-63-54-52-58(60)62-56(48-44-40-36-32-28-24-20-16-12-8-4)50-46-42-38-34-30-26-22-18-14-10-6-2/h55-56H,5-54H2,1-4H3. The minimum Gasteiger partial charge on any atom is -0.462 e. The summed E-state index contributed by atoms with van der Waals surface area (Å²) in [4.78, 5) is 26.1. The molecular formula is C58H114O4S. The predicted molar refractivity (Wildman–Crippen MR) is 281 cm³/mol. The molecule has 63 heavy (non-hydrogen) atoms. The second kappa shape index (κ2) is 53.9. The lowest BCUT2D eigenvalue weighted by Crippen LogP contribution is -2.19. The topological polar surface area (TPSA) is 52.6 Å². The maximum atomic E-state index is 13.0. The molecule has 376 valence electrons. The SMILES string of the molecule is CCCCCCCCCCCCCC(CCCCCCCCCCCC)OC(=O)CCSCCC(=O)OC(CCCCCCCCCCCC)CCCCCCCCCCCCC. The smallest absolute Gasteiger partial charge is 0.306 e. The molecule has 0 saturated carbocycles. The highest BCUT2D eigenvalue weighted by Gasteiger charge is 2.17. The highest BCUT2D eigenvalue weighted by atomic mass is 32.2. The zero-order valence-corrected chi connectivity index (χ0v) is 44.4. The van der Waals surface area contributed by atoms with Gasteiger partial charge in [0.1, 0.15) is 12.2 Å². The van der Waals surface area contributed by atoms with Crippen LogP contribution < -0.4 is 0 Å². The molecule has 0 radical (unpaired) electrons. The molecule has 0 heterocycles. The minimum atomic E-state index is -0.0474. The van der Waals surface area contributed by atoms with E-state index in [9.17, 15) is 9.59 Å². The summed E-state index contributed by atoms with van der Waals surface area (Å²) >= 11 is 1.70. The highest BCUT2D eigenvalue weighted by Crippen LogP contribution is 2.21. The van der Waals surface area contributed by atoms with Crippen molar-refractivity contribution in [1.82, 2.24) is 0 Å². The van der Waals surface area contributed by atoms with Crippen molar-refractivity contribution in [2.24, 2.45) is 0 Å². The number of hydrogen-bond donors (Lipinski definition) is 0. The highest BCUT2D eigenvalue weighted by molar-refractivity contribution is 7.99. The molecule has 5 heteroatoms. The summed E-state index contributed by atoms with van der Waals surface area (Å²) in [7, 11) is 0. The molecule has 0 fully saturated rings. The molecule has 0 aromatic heterocycles. The van der Waals surface area contributed by atoms with Gasteiger partial charge < -0.3 is 9.47 Å². The predicted octanol–water partition coefficient (Wildman–Crippen LogP) is 20.3. The van der Waals surface area contributed by atoms with Gasteiger partial charge >= 0.3 is 11.9 Å². The Kier molecular flexibility index (Phi) is 53.3.